The van der Waals surface area contributed by atoms with Gasteiger partial charge in [-0.25, -0.2) is 0 Å². The molecule has 0 saturated carbocycles. The molecule has 13 heavy (non-hydrogen) atoms. The smallest absolute Gasteiger partial charge is 0.305 e. The van der Waals surface area contributed by atoms with Gasteiger partial charge in [0.15, 0.2) is 0 Å². The molecule has 0 amide bonds. The monoisotopic (exact) mass is 186 g/mol. The van der Waals surface area contributed by atoms with Crippen LogP contribution < -0.4 is 0 Å². The van der Waals surface area contributed by atoms with Gasteiger partial charge in [-0.1, -0.05) is 27.2 Å². The van der Waals surface area contributed by atoms with Crippen molar-refractivity contribution in [3.05, 3.63) is 0 Å². The van der Waals surface area contributed by atoms with E-state index in [2.05, 4.69) is 25.5 Å². The molecular weight excluding hydrogens is 164 g/mol. The summed E-state index contributed by atoms with van der Waals surface area (Å²) in [5, 5.41) is 0. The summed E-state index contributed by atoms with van der Waals surface area (Å²) in [4.78, 5) is 10.8. The molecule has 0 bridgehead atoms. The number of esters is 1. The zero-order valence-electron chi connectivity index (χ0n) is 9.30. The summed E-state index contributed by atoms with van der Waals surface area (Å²) in [6, 6.07) is 0. The molecule has 2 heteroatoms. The second-order valence-electron chi connectivity index (χ2n) is 3.97. The summed E-state index contributed by atoms with van der Waals surface area (Å²) in [6.07, 6.45) is 3.96. The van der Waals surface area contributed by atoms with E-state index in [1.165, 1.54) is 20.0 Å². The van der Waals surface area contributed by atoms with Gasteiger partial charge in [0.1, 0.15) is 0 Å². The third-order valence-corrected chi connectivity index (χ3v) is 2.57. The van der Waals surface area contributed by atoms with E-state index in [1.807, 2.05) is 0 Å². The first kappa shape index (κ1) is 12.5. The number of ether oxygens (including phenoxy) is 1. The van der Waals surface area contributed by atoms with Gasteiger partial charge < -0.3 is 4.74 Å². The molecule has 0 fully saturated rings. The molecule has 0 aliphatic carbocycles. The molecule has 0 rings (SSSR count). The molecule has 0 N–H and O–H groups in total. The largest absolute Gasteiger partial charge is 0.469 e. The molecule has 78 valence electrons. The molecule has 0 spiro atoms. The molecule has 0 aliphatic heterocycles. The summed E-state index contributed by atoms with van der Waals surface area (Å²) >= 11 is 0. The predicted molar refractivity (Wildman–Crippen MR) is 54.5 cm³/mol. The molecule has 0 heterocycles. The van der Waals surface area contributed by atoms with Crippen molar-refractivity contribution in [3.63, 3.8) is 0 Å². The minimum Gasteiger partial charge on any atom is -0.469 e. The molecule has 0 aromatic carbocycles. The quantitative estimate of drug-likeness (QED) is 0.596. The Morgan fingerprint density at radius 2 is 1.92 bits per heavy atom. The Morgan fingerprint density at radius 3 is 2.38 bits per heavy atom. The number of hydrogen-bond acceptors (Lipinski definition) is 2. The highest BCUT2D eigenvalue weighted by Crippen LogP contribution is 2.18. The zero-order valence-corrected chi connectivity index (χ0v) is 9.30. The van der Waals surface area contributed by atoms with Gasteiger partial charge in [-0.2, -0.15) is 0 Å². The summed E-state index contributed by atoms with van der Waals surface area (Å²) < 4.78 is 4.59. The van der Waals surface area contributed by atoms with Gasteiger partial charge in [-0.3, -0.25) is 4.79 Å². The van der Waals surface area contributed by atoms with Crippen LogP contribution in [0.2, 0.25) is 0 Å². The van der Waals surface area contributed by atoms with Gasteiger partial charge in [-0.05, 0) is 24.7 Å². The Kier molecular flexibility index (Phi) is 6.65. The highest BCUT2D eigenvalue weighted by atomic mass is 16.5. The fraction of sp³-hybridized carbons (Fsp3) is 0.909. The fourth-order valence-corrected chi connectivity index (χ4v) is 1.44. The lowest BCUT2D eigenvalue weighted by atomic mass is 9.92. The van der Waals surface area contributed by atoms with Crippen LogP contribution in [0.5, 0.6) is 0 Å². The molecule has 2 atom stereocenters. The standard InChI is InChI=1S/C11H22O2/c1-5-9(2)8-10(3)6-7-11(12)13-4/h9-10H,5-8H2,1-4H3/t9-,10-/m0/s1. The van der Waals surface area contributed by atoms with Crippen molar-refractivity contribution in [3.8, 4) is 0 Å². The maximum atomic E-state index is 10.8. The van der Waals surface area contributed by atoms with Crippen molar-refractivity contribution in [2.45, 2.75) is 46.5 Å². The minimum absolute atomic E-state index is 0.0870. The molecule has 0 aromatic rings. The van der Waals surface area contributed by atoms with E-state index >= 15 is 0 Å². The Labute approximate surface area is 81.7 Å². The first-order chi connectivity index (χ1) is 6.10. The van der Waals surface area contributed by atoms with Crippen molar-refractivity contribution >= 4 is 5.97 Å². The molecule has 0 saturated heterocycles. The van der Waals surface area contributed by atoms with Crippen LogP contribution in [-0.2, 0) is 9.53 Å². The van der Waals surface area contributed by atoms with Crippen molar-refractivity contribution < 1.29 is 9.53 Å². The summed E-state index contributed by atoms with van der Waals surface area (Å²) in [7, 11) is 1.45. The van der Waals surface area contributed by atoms with E-state index in [0.717, 1.165) is 12.3 Å². The van der Waals surface area contributed by atoms with E-state index in [4.69, 9.17) is 0 Å². The van der Waals surface area contributed by atoms with E-state index in [9.17, 15) is 4.79 Å². The number of carbonyl (C=O) groups excluding carboxylic acids is 1. The van der Waals surface area contributed by atoms with Gasteiger partial charge >= 0.3 is 5.97 Å². The van der Waals surface area contributed by atoms with E-state index in [1.54, 1.807) is 0 Å². The highest BCUT2D eigenvalue weighted by Gasteiger charge is 2.09. The number of rotatable bonds is 6. The Bertz CT molecular complexity index is 143. The lowest BCUT2D eigenvalue weighted by Crippen LogP contribution is -2.06. The lowest BCUT2D eigenvalue weighted by molar-refractivity contribution is -0.140. The molecule has 2 nitrogen and oxygen atoms in total. The van der Waals surface area contributed by atoms with E-state index in [0.29, 0.717) is 12.3 Å². The first-order valence-electron chi connectivity index (χ1n) is 5.16. The maximum absolute atomic E-state index is 10.8. The lowest BCUT2D eigenvalue weighted by Gasteiger charge is -2.14. The number of carbonyl (C=O) groups is 1. The van der Waals surface area contributed by atoms with Gasteiger partial charge in [0, 0.05) is 6.42 Å². The van der Waals surface area contributed by atoms with Crippen LogP contribution in [0.3, 0.4) is 0 Å². The van der Waals surface area contributed by atoms with E-state index in [-0.39, 0.29) is 5.97 Å². The SMILES string of the molecule is CC[C@H](C)C[C@@H](C)CCC(=O)OC. The van der Waals surface area contributed by atoms with E-state index < -0.39 is 0 Å². The minimum atomic E-state index is -0.0870. The Hall–Kier alpha value is -0.530. The van der Waals surface area contributed by atoms with Gasteiger partial charge in [0.25, 0.3) is 0 Å². The summed E-state index contributed by atoms with van der Waals surface area (Å²) in [6.45, 7) is 6.67. The van der Waals surface area contributed by atoms with Crippen molar-refractivity contribution in [2.24, 2.45) is 11.8 Å². The topological polar surface area (TPSA) is 26.3 Å². The Morgan fingerprint density at radius 1 is 1.31 bits per heavy atom. The molecule has 0 radical (unpaired) electrons. The van der Waals surface area contributed by atoms with Crippen LogP contribution in [0.4, 0.5) is 0 Å². The fourth-order valence-electron chi connectivity index (χ4n) is 1.44. The van der Waals surface area contributed by atoms with Crippen LogP contribution in [0.1, 0.15) is 46.5 Å². The zero-order chi connectivity index (χ0) is 10.3. The predicted octanol–water partition coefficient (Wildman–Crippen LogP) is 3.01. The second kappa shape index (κ2) is 6.93. The third-order valence-electron chi connectivity index (χ3n) is 2.57. The molecular formula is C11H22O2. The summed E-state index contributed by atoms with van der Waals surface area (Å²) in [5.74, 6) is 1.32. The highest BCUT2D eigenvalue weighted by molar-refractivity contribution is 5.69. The number of hydrogen-bond donors (Lipinski definition) is 0. The maximum Gasteiger partial charge on any atom is 0.305 e. The molecule has 0 aromatic heterocycles. The average molecular weight is 186 g/mol. The van der Waals surface area contributed by atoms with Crippen LogP contribution in [0, 0.1) is 11.8 Å². The van der Waals surface area contributed by atoms with Gasteiger partial charge in [-0.15, -0.1) is 0 Å². The molecule has 0 aliphatic rings. The van der Waals surface area contributed by atoms with Crippen LogP contribution >= 0.6 is 0 Å². The number of methoxy groups -OCH3 is 1. The Balaban J connectivity index is 3.50. The van der Waals surface area contributed by atoms with Crippen LogP contribution in [0.15, 0.2) is 0 Å². The summed E-state index contributed by atoms with van der Waals surface area (Å²) in [5.41, 5.74) is 0. The van der Waals surface area contributed by atoms with Crippen molar-refractivity contribution in [2.75, 3.05) is 7.11 Å². The van der Waals surface area contributed by atoms with Gasteiger partial charge in [0.2, 0.25) is 0 Å². The first-order valence-corrected chi connectivity index (χ1v) is 5.16. The van der Waals surface area contributed by atoms with Gasteiger partial charge in [0.05, 0.1) is 7.11 Å². The molecule has 0 unspecified atom stereocenters. The van der Waals surface area contributed by atoms with Crippen LogP contribution in [0.25, 0.3) is 0 Å². The van der Waals surface area contributed by atoms with Crippen LogP contribution in [-0.4, -0.2) is 13.1 Å². The van der Waals surface area contributed by atoms with Crippen molar-refractivity contribution in [1.82, 2.24) is 0 Å². The normalized spacial score (nSPS) is 15.1. The third kappa shape index (κ3) is 6.62. The second-order valence-corrected chi connectivity index (χ2v) is 3.97. The average Bonchev–Trinajstić information content (AvgIpc) is 2.13. The van der Waals surface area contributed by atoms with Crippen molar-refractivity contribution in [1.29, 1.82) is 0 Å².